The second-order valence-electron chi connectivity index (χ2n) is 6.48. The van der Waals surface area contributed by atoms with Crippen LogP contribution in [0.3, 0.4) is 0 Å². The van der Waals surface area contributed by atoms with Crippen molar-refractivity contribution in [3.8, 4) is 23.3 Å². The molecule has 0 bridgehead atoms. The lowest BCUT2D eigenvalue weighted by atomic mass is 10.2. The minimum absolute atomic E-state index is 0.289. The number of para-hydroxylation sites is 2. The van der Waals surface area contributed by atoms with Crippen LogP contribution in [-0.4, -0.2) is 9.99 Å². The van der Waals surface area contributed by atoms with E-state index in [9.17, 15) is 14.0 Å². The van der Waals surface area contributed by atoms with Gasteiger partial charge in [0, 0.05) is 0 Å². The van der Waals surface area contributed by atoms with Crippen molar-refractivity contribution in [2.75, 3.05) is 0 Å². The second-order valence-corrected chi connectivity index (χ2v) is 9.42. The van der Waals surface area contributed by atoms with Crippen LogP contribution in [0, 0.1) is 18.3 Å². The first-order valence-corrected chi connectivity index (χ1v) is 12.1. The number of benzene rings is 3. The van der Waals surface area contributed by atoms with E-state index in [1.165, 1.54) is 0 Å². The van der Waals surface area contributed by atoms with Gasteiger partial charge in [-0.1, -0.05) is 54.1 Å². The van der Waals surface area contributed by atoms with Crippen molar-refractivity contribution >= 4 is 18.9 Å². The lowest BCUT2D eigenvalue weighted by Gasteiger charge is -2.26. The fourth-order valence-electron chi connectivity index (χ4n) is 2.52. The van der Waals surface area contributed by atoms with Crippen molar-refractivity contribution in [1.82, 2.24) is 4.72 Å². The molecule has 3 rings (SSSR count). The largest absolute Gasteiger partial charge is 0.449 e. The van der Waals surface area contributed by atoms with Gasteiger partial charge in [0.25, 0.3) is 11.3 Å². The number of nitrogens with one attached hydrogen (secondary N) is 1. The third kappa shape index (κ3) is 6.69. The Labute approximate surface area is 183 Å². The summed E-state index contributed by atoms with van der Waals surface area (Å²) in [5.41, 5.74) is 1.02. The van der Waals surface area contributed by atoms with Gasteiger partial charge in [-0.25, -0.2) is 4.57 Å². The molecule has 3 aromatic rings. The Morgan fingerprint density at radius 3 is 1.90 bits per heavy atom. The van der Waals surface area contributed by atoms with E-state index in [0.717, 1.165) is 5.56 Å². The van der Waals surface area contributed by atoms with E-state index < -0.39 is 24.6 Å². The Morgan fingerprint density at radius 1 is 0.903 bits per heavy atom. The molecular weight excluding hydrogens is 435 g/mol. The SMILES string of the molecule is Cc1ccc(OS(=O)NC(CC#N)P(=O)(Oc2ccccc2)Oc2ccccc2)cc1. The van der Waals surface area contributed by atoms with Crippen molar-refractivity contribution in [3.05, 3.63) is 90.5 Å². The van der Waals surface area contributed by atoms with Crippen molar-refractivity contribution in [3.63, 3.8) is 0 Å². The van der Waals surface area contributed by atoms with Gasteiger partial charge in [0.1, 0.15) is 17.2 Å². The molecule has 31 heavy (non-hydrogen) atoms. The van der Waals surface area contributed by atoms with Crippen molar-refractivity contribution in [1.29, 1.82) is 5.26 Å². The van der Waals surface area contributed by atoms with Crippen LogP contribution in [0.1, 0.15) is 12.0 Å². The van der Waals surface area contributed by atoms with Crippen LogP contribution < -0.4 is 18.0 Å². The molecule has 0 fully saturated rings. The third-order valence-electron chi connectivity index (χ3n) is 4.04. The standard InChI is InChI=1S/C22H21N2O5PS/c1-18-12-14-21(15-13-18)29-31(26)24-22(16-17-23)30(25,27-19-8-4-2-5-9-19)28-20-10-6-3-7-11-20/h2-15,22,24H,16H2,1H3. The zero-order valence-electron chi connectivity index (χ0n) is 16.7. The molecule has 0 saturated carbocycles. The molecule has 0 radical (unpaired) electrons. The summed E-state index contributed by atoms with van der Waals surface area (Å²) in [5, 5.41) is 9.30. The van der Waals surface area contributed by atoms with Crippen LogP contribution in [-0.2, 0) is 15.8 Å². The fraction of sp³-hybridized carbons (Fsp3) is 0.136. The van der Waals surface area contributed by atoms with Gasteiger partial charge in [0.2, 0.25) is 0 Å². The predicted molar refractivity (Wildman–Crippen MR) is 119 cm³/mol. The van der Waals surface area contributed by atoms with Gasteiger partial charge in [-0.3, -0.25) is 0 Å². The van der Waals surface area contributed by atoms with E-state index >= 15 is 0 Å². The Bertz CT molecular complexity index is 1040. The molecule has 0 aromatic heterocycles. The smallest absolute Gasteiger partial charge is 0.415 e. The van der Waals surface area contributed by atoms with E-state index in [4.69, 9.17) is 13.2 Å². The molecule has 2 atom stereocenters. The lowest BCUT2D eigenvalue weighted by molar-refractivity contribution is 0.367. The number of nitrogens with zero attached hydrogens (tertiary/aromatic N) is 1. The van der Waals surface area contributed by atoms with Gasteiger partial charge in [-0.2, -0.15) is 14.2 Å². The van der Waals surface area contributed by atoms with Crippen molar-refractivity contribution < 1.29 is 22.0 Å². The topological polar surface area (TPSA) is 97.7 Å². The van der Waals surface area contributed by atoms with Crippen LogP contribution in [0.5, 0.6) is 17.2 Å². The van der Waals surface area contributed by atoms with Crippen molar-refractivity contribution in [2.45, 2.75) is 19.1 Å². The van der Waals surface area contributed by atoms with Gasteiger partial charge in [0.05, 0.1) is 12.5 Å². The van der Waals surface area contributed by atoms with Gasteiger partial charge >= 0.3 is 7.60 Å². The summed E-state index contributed by atoms with van der Waals surface area (Å²) in [7, 11) is -4.06. The maximum atomic E-state index is 13.8. The highest BCUT2D eigenvalue weighted by Gasteiger charge is 2.41. The molecule has 0 aliphatic rings. The summed E-state index contributed by atoms with van der Waals surface area (Å²) in [6, 6.07) is 25.8. The lowest BCUT2D eigenvalue weighted by Crippen LogP contribution is -2.35. The molecule has 7 nitrogen and oxygen atoms in total. The molecule has 160 valence electrons. The molecule has 3 aromatic carbocycles. The van der Waals surface area contributed by atoms with Crippen LogP contribution >= 0.6 is 7.60 Å². The average molecular weight is 456 g/mol. The minimum Gasteiger partial charge on any atom is -0.415 e. The van der Waals surface area contributed by atoms with E-state index in [0.29, 0.717) is 5.75 Å². The van der Waals surface area contributed by atoms with Gasteiger partial charge in [0.15, 0.2) is 5.78 Å². The van der Waals surface area contributed by atoms with E-state index in [-0.39, 0.29) is 17.9 Å². The number of nitriles is 1. The Morgan fingerprint density at radius 2 is 1.42 bits per heavy atom. The normalized spacial score (nSPS) is 12.9. The summed E-state index contributed by atoms with van der Waals surface area (Å²) >= 11 is -2.10. The Kier molecular flexibility index (Phi) is 7.85. The van der Waals surface area contributed by atoms with E-state index in [2.05, 4.69) is 4.72 Å². The number of hydrogen-bond acceptors (Lipinski definition) is 6. The summed E-state index contributed by atoms with van der Waals surface area (Å²) in [6.45, 7) is 1.92. The van der Waals surface area contributed by atoms with Crippen LogP contribution in [0.4, 0.5) is 0 Å². The molecule has 0 aliphatic carbocycles. The molecule has 0 spiro atoms. The van der Waals surface area contributed by atoms with Gasteiger partial charge in [-0.15, -0.1) is 0 Å². The van der Waals surface area contributed by atoms with Crippen LogP contribution in [0.2, 0.25) is 0 Å². The van der Waals surface area contributed by atoms with E-state index in [1.807, 2.05) is 13.0 Å². The Hall–Kier alpha value is -3.11. The first-order chi connectivity index (χ1) is 15.0. The van der Waals surface area contributed by atoms with Crippen LogP contribution in [0.25, 0.3) is 0 Å². The first-order valence-electron chi connectivity index (χ1n) is 9.37. The van der Waals surface area contributed by atoms with E-state index in [1.54, 1.807) is 84.9 Å². The first kappa shape index (κ1) is 22.6. The third-order valence-corrected chi connectivity index (χ3v) is 7.04. The molecule has 0 amide bonds. The minimum atomic E-state index is -4.06. The molecule has 0 saturated heterocycles. The zero-order valence-corrected chi connectivity index (χ0v) is 18.4. The molecular formula is C22H21N2O5PS. The number of rotatable bonds is 10. The second kappa shape index (κ2) is 10.8. The highest BCUT2D eigenvalue weighted by molar-refractivity contribution is 7.79. The monoisotopic (exact) mass is 456 g/mol. The molecule has 2 unspecified atom stereocenters. The zero-order chi connectivity index (χ0) is 22.1. The van der Waals surface area contributed by atoms with Gasteiger partial charge in [-0.05, 0) is 43.3 Å². The van der Waals surface area contributed by atoms with Crippen molar-refractivity contribution in [2.24, 2.45) is 0 Å². The summed E-state index contributed by atoms with van der Waals surface area (Å²) < 4.78 is 45.8. The molecule has 0 aliphatic heterocycles. The molecule has 9 heteroatoms. The fourth-order valence-corrected chi connectivity index (χ4v) is 5.37. The maximum absolute atomic E-state index is 13.8. The van der Waals surface area contributed by atoms with Crippen LogP contribution in [0.15, 0.2) is 84.9 Å². The highest BCUT2D eigenvalue weighted by atomic mass is 32.2. The van der Waals surface area contributed by atoms with Gasteiger partial charge < -0.3 is 13.2 Å². The quantitative estimate of drug-likeness (QED) is 0.425. The summed E-state index contributed by atoms with van der Waals surface area (Å²) in [6.07, 6.45) is -0.292. The Balaban J connectivity index is 1.85. The predicted octanol–water partition coefficient (Wildman–Crippen LogP) is 5.13. The molecule has 0 heterocycles. The average Bonchev–Trinajstić information content (AvgIpc) is 2.76. The maximum Gasteiger partial charge on any atom is 0.449 e. The summed E-state index contributed by atoms with van der Waals surface area (Å²) in [4.78, 5) is 0. The summed E-state index contributed by atoms with van der Waals surface area (Å²) in [5.74, 6) is -0.285. The number of aryl methyl sites for hydroxylation is 1. The highest BCUT2D eigenvalue weighted by Crippen LogP contribution is 2.53. The molecule has 1 N–H and O–H groups in total. The number of hydrogen-bond donors (Lipinski definition) is 1.